The molecule has 0 aliphatic carbocycles. The van der Waals surface area contributed by atoms with Gasteiger partial charge in [0.2, 0.25) is 0 Å². The molecule has 0 amide bonds. The average Bonchev–Trinajstić information content (AvgIpc) is 2.47. The van der Waals surface area contributed by atoms with Crippen molar-refractivity contribution in [2.24, 2.45) is 5.16 Å². The number of nitro benzene ring substituents is 1. The third-order valence-electron chi connectivity index (χ3n) is 3.08. The standard InChI is InChI=1S/C16H16N2O3/c1-12-6-7-13(2)15(8-12)11-21-17-10-14-4-3-5-16(9-14)18(19)20/h3-10H,11H2,1-2H3. The lowest BCUT2D eigenvalue weighted by Gasteiger charge is -2.05. The van der Waals surface area contributed by atoms with Crippen molar-refractivity contribution in [2.75, 3.05) is 0 Å². The highest BCUT2D eigenvalue weighted by atomic mass is 16.6. The molecule has 5 nitrogen and oxygen atoms in total. The molecular weight excluding hydrogens is 268 g/mol. The molecule has 5 heteroatoms. The van der Waals surface area contributed by atoms with E-state index in [0.717, 1.165) is 11.1 Å². The van der Waals surface area contributed by atoms with Crippen LogP contribution >= 0.6 is 0 Å². The molecule has 2 rings (SSSR count). The van der Waals surface area contributed by atoms with Crippen LogP contribution in [-0.2, 0) is 11.4 Å². The van der Waals surface area contributed by atoms with Crippen LogP contribution < -0.4 is 0 Å². The summed E-state index contributed by atoms with van der Waals surface area (Å²) in [5, 5.41) is 14.5. The van der Waals surface area contributed by atoms with E-state index in [0.29, 0.717) is 12.2 Å². The summed E-state index contributed by atoms with van der Waals surface area (Å²) in [7, 11) is 0. The first kappa shape index (κ1) is 14.7. The Morgan fingerprint density at radius 1 is 1.24 bits per heavy atom. The minimum Gasteiger partial charge on any atom is -0.391 e. The fourth-order valence-electron chi connectivity index (χ4n) is 1.88. The zero-order valence-electron chi connectivity index (χ0n) is 11.9. The van der Waals surface area contributed by atoms with E-state index in [1.807, 2.05) is 26.0 Å². The number of rotatable bonds is 5. The van der Waals surface area contributed by atoms with E-state index in [1.54, 1.807) is 12.1 Å². The highest BCUT2D eigenvalue weighted by Gasteiger charge is 2.04. The normalized spacial score (nSPS) is 10.8. The third kappa shape index (κ3) is 4.14. The molecule has 0 aromatic heterocycles. The zero-order valence-corrected chi connectivity index (χ0v) is 11.9. The van der Waals surface area contributed by atoms with Crippen molar-refractivity contribution < 1.29 is 9.76 Å². The van der Waals surface area contributed by atoms with Gasteiger partial charge in [-0.25, -0.2) is 0 Å². The molecule has 0 bridgehead atoms. The Kier molecular flexibility index (Phi) is 4.66. The lowest BCUT2D eigenvalue weighted by Crippen LogP contribution is -1.93. The molecule has 0 aliphatic rings. The van der Waals surface area contributed by atoms with Crippen LogP contribution in [0.25, 0.3) is 0 Å². The summed E-state index contributed by atoms with van der Waals surface area (Å²) < 4.78 is 0. The van der Waals surface area contributed by atoms with Crippen molar-refractivity contribution in [3.63, 3.8) is 0 Å². The van der Waals surface area contributed by atoms with Gasteiger partial charge in [-0.15, -0.1) is 0 Å². The molecule has 2 aromatic rings. The molecule has 0 N–H and O–H groups in total. The monoisotopic (exact) mass is 284 g/mol. The lowest BCUT2D eigenvalue weighted by molar-refractivity contribution is -0.384. The first-order valence-corrected chi connectivity index (χ1v) is 6.52. The first-order chi connectivity index (χ1) is 10.1. The molecule has 0 saturated carbocycles. The van der Waals surface area contributed by atoms with Crippen molar-refractivity contribution >= 4 is 11.9 Å². The van der Waals surface area contributed by atoms with E-state index >= 15 is 0 Å². The molecular formula is C16H16N2O3. The van der Waals surface area contributed by atoms with Gasteiger partial charge in [0.1, 0.15) is 6.61 Å². The quantitative estimate of drug-likeness (QED) is 0.477. The van der Waals surface area contributed by atoms with E-state index < -0.39 is 4.92 Å². The minimum atomic E-state index is -0.436. The van der Waals surface area contributed by atoms with Crippen LogP contribution in [0.5, 0.6) is 0 Å². The Labute approximate surface area is 123 Å². The summed E-state index contributed by atoms with van der Waals surface area (Å²) in [6.45, 7) is 4.41. The molecule has 21 heavy (non-hydrogen) atoms. The molecule has 0 spiro atoms. The summed E-state index contributed by atoms with van der Waals surface area (Å²) in [6.07, 6.45) is 1.47. The second-order valence-corrected chi connectivity index (χ2v) is 4.79. The van der Waals surface area contributed by atoms with E-state index in [-0.39, 0.29) is 5.69 Å². The van der Waals surface area contributed by atoms with Crippen molar-refractivity contribution in [1.82, 2.24) is 0 Å². The number of oxime groups is 1. The minimum absolute atomic E-state index is 0.0356. The molecule has 0 saturated heterocycles. The van der Waals surface area contributed by atoms with Crippen LogP contribution in [0, 0.1) is 24.0 Å². The number of hydrogen-bond acceptors (Lipinski definition) is 4. The van der Waals surface area contributed by atoms with Gasteiger partial charge < -0.3 is 4.84 Å². The summed E-state index contributed by atoms with van der Waals surface area (Å²) in [6, 6.07) is 12.4. The molecule has 0 heterocycles. The van der Waals surface area contributed by atoms with Crippen molar-refractivity contribution in [1.29, 1.82) is 0 Å². The highest BCUT2D eigenvalue weighted by molar-refractivity contribution is 5.80. The van der Waals surface area contributed by atoms with Crippen LogP contribution in [0.3, 0.4) is 0 Å². The Morgan fingerprint density at radius 2 is 2.05 bits per heavy atom. The van der Waals surface area contributed by atoms with Gasteiger partial charge in [0.25, 0.3) is 5.69 Å². The Balaban J connectivity index is 1.98. The van der Waals surface area contributed by atoms with Crippen molar-refractivity contribution in [2.45, 2.75) is 20.5 Å². The average molecular weight is 284 g/mol. The summed E-state index contributed by atoms with van der Waals surface area (Å²) in [4.78, 5) is 15.5. The van der Waals surface area contributed by atoms with Crippen LogP contribution in [0.2, 0.25) is 0 Å². The van der Waals surface area contributed by atoms with E-state index in [1.165, 1.54) is 23.9 Å². The summed E-state index contributed by atoms with van der Waals surface area (Å²) in [5.41, 5.74) is 4.05. The predicted molar refractivity (Wildman–Crippen MR) is 81.4 cm³/mol. The van der Waals surface area contributed by atoms with Crippen LogP contribution in [0.15, 0.2) is 47.6 Å². The third-order valence-corrected chi connectivity index (χ3v) is 3.08. The smallest absolute Gasteiger partial charge is 0.270 e. The molecule has 2 aromatic carbocycles. The van der Waals surface area contributed by atoms with Gasteiger partial charge in [0.05, 0.1) is 11.1 Å². The van der Waals surface area contributed by atoms with Gasteiger partial charge >= 0.3 is 0 Å². The lowest BCUT2D eigenvalue weighted by atomic mass is 10.1. The largest absolute Gasteiger partial charge is 0.391 e. The topological polar surface area (TPSA) is 64.7 Å². The maximum atomic E-state index is 10.7. The molecule has 108 valence electrons. The van der Waals surface area contributed by atoms with Gasteiger partial charge in [-0.05, 0) is 25.0 Å². The van der Waals surface area contributed by atoms with E-state index in [2.05, 4.69) is 11.2 Å². The van der Waals surface area contributed by atoms with Crippen LogP contribution in [-0.4, -0.2) is 11.1 Å². The SMILES string of the molecule is Cc1ccc(C)c(CON=Cc2cccc([N+](=O)[O-])c2)c1. The Bertz CT molecular complexity index is 681. The van der Waals surface area contributed by atoms with E-state index in [9.17, 15) is 10.1 Å². The Hall–Kier alpha value is -2.69. The fourth-order valence-corrected chi connectivity index (χ4v) is 1.88. The maximum Gasteiger partial charge on any atom is 0.270 e. The van der Waals surface area contributed by atoms with Crippen molar-refractivity contribution in [3.8, 4) is 0 Å². The molecule has 0 aliphatic heterocycles. The van der Waals surface area contributed by atoms with Crippen LogP contribution in [0.4, 0.5) is 5.69 Å². The predicted octanol–water partition coefficient (Wildman–Crippen LogP) is 3.76. The zero-order chi connectivity index (χ0) is 15.2. The van der Waals surface area contributed by atoms with Gasteiger partial charge in [-0.2, -0.15) is 0 Å². The number of nitrogens with zero attached hydrogens (tertiary/aromatic N) is 2. The number of benzene rings is 2. The number of non-ortho nitro benzene ring substituents is 1. The van der Waals surface area contributed by atoms with E-state index in [4.69, 9.17) is 4.84 Å². The maximum absolute atomic E-state index is 10.7. The number of nitro groups is 1. The fraction of sp³-hybridized carbons (Fsp3) is 0.188. The molecule has 0 fully saturated rings. The van der Waals surface area contributed by atoms with Gasteiger partial charge in [-0.1, -0.05) is 41.1 Å². The number of hydrogen-bond donors (Lipinski definition) is 0. The molecule has 0 atom stereocenters. The molecule has 0 unspecified atom stereocenters. The second-order valence-electron chi connectivity index (χ2n) is 4.79. The van der Waals surface area contributed by atoms with Gasteiger partial charge in [0.15, 0.2) is 0 Å². The van der Waals surface area contributed by atoms with Gasteiger partial charge in [0, 0.05) is 17.7 Å². The van der Waals surface area contributed by atoms with Crippen molar-refractivity contribution in [3.05, 3.63) is 74.8 Å². The number of aryl methyl sites for hydroxylation is 2. The summed E-state index contributed by atoms with van der Waals surface area (Å²) in [5.74, 6) is 0. The van der Waals surface area contributed by atoms with Gasteiger partial charge in [-0.3, -0.25) is 10.1 Å². The summed E-state index contributed by atoms with van der Waals surface area (Å²) >= 11 is 0. The van der Waals surface area contributed by atoms with Crippen LogP contribution in [0.1, 0.15) is 22.3 Å². The second kappa shape index (κ2) is 6.65. The Morgan fingerprint density at radius 3 is 2.81 bits per heavy atom. The molecule has 0 radical (unpaired) electrons. The first-order valence-electron chi connectivity index (χ1n) is 6.52. The highest BCUT2D eigenvalue weighted by Crippen LogP contribution is 2.13.